The maximum atomic E-state index is 4.99. The standard InChI is InChI=1S/C36H37N5/c1-19(2)22(6)39-34-21(5)31-17-37-38-18-32(31)30-16-24(8-11-29(30)34)23-7-10-26-25(15-23)9-12-28-27(26)13-14-33-35(28)41-36(40-33)20(3)4/h7-8,10-11,13-20,22,39H,9,12H2,1-6H3,(H,40,41). The van der Waals surface area contributed by atoms with Crippen LogP contribution in [-0.2, 0) is 12.8 Å². The molecule has 0 radical (unpaired) electrons. The van der Waals surface area contributed by atoms with Crippen molar-refractivity contribution in [3.63, 3.8) is 0 Å². The largest absolute Gasteiger partial charge is 0.382 e. The Hall–Kier alpha value is -4.25. The van der Waals surface area contributed by atoms with Crippen molar-refractivity contribution in [2.24, 2.45) is 5.92 Å². The van der Waals surface area contributed by atoms with Gasteiger partial charge in [0.15, 0.2) is 0 Å². The smallest absolute Gasteiger partial charge is 0.109 e. The van der Waals surface area contributed by atoms with Crippen LogP contribution in [0.25, 0.3) is 54.8 Å². The second kappa shape index (κ2) is 9.69. The molecule has 0 amide bonds. The van der Waals surface area contributed by atoms with E-state index in [2.05, 4.69) is 111 Å². The molecule has 6 aromatic rings. The Morgan fingerprint density at radius 2 is 1.49 bits per heavy atom. The van der Waals surface area contributed by atoms with Crippen molar-refractivity contribution in [3.05, 3.63) is 83.4 Å². The lowest BCUT2D eigenvalue weighted by Gasteiger charge is -2.23. The first-order valence-electron chi connectivity index (χ1n) is 14.9. The number of benzene rings is 4. The highest BCUT2D eigenvalue weighted by molar-refractivity contribution is 6.15. The van der Waals surface area contributed by atoms with E-state index in [0.29, 0.717) is 17.9 Å². The van der Waals surface area contributed by atoms with E-state index >= 15 is 0 Å². The number of rotatable bonds is 5. The van der Waals surface area contributed by atoms with Gasteiger partial charge in [-0.25, -0.2) is 4.98 Å². The summed E-state index contributed by atoms with van der Waals surface area (Å²) in [4.78, 5) is 8.51. The molecule has 0 spiro atoms. The van der Waals surface area contributed by atoms with Gasteiger partial charge in [0.25, 0.3) is 0 Å². The Morgan fingerprint density at radius 1 is 0.756 bits per heavy atom. The van der Waals surface area contributed by atoms with Crippen LogP contribution < -0.4 is 5.32 Å². The van der Waals surface area contributed by atoms with Crippen LogP contribution in [0.2, 0.25) is 0 Å². The van der Waals surface area contributed by atoms with Crippen molar-refractivity contribution < 1.29 is 0 Å². The normalized spacial score (nSPS) is 13.8. The minimum atomic E-state index is 0.354. The van der Waals surface area contributed by atoms with Gasteiger partial charge in [-0.05, 0) is 89.1 Å². The lowest BCUT2D eigenvalue weighted by molar-refractivity contribution is 0.560. The average molecular weight is 540 g/mol. The molecule has 0 fully saturated rings. The summed E-state index contributed by atoms with van der Waals surface area (Å²) in [6.07, 6.45) is 5.84. The van der Waals surface area contributed by atoms with Gasteiger partial charge in [-0.3, -0.25) is 0 Å². The molecule has 0 bridgehead atoms. The second-order valence-corrected chi connectivity index (χ2v) is 12.4. The number of H-pyrrole nitrogens is 1. The van der Waals surface area contributed by atoms with Gasteiger partial charge in [-0.2, -0.15) is 10.2 Å². The molecule has 1 aliphatic rings. The Kier molecular flexibility index (Phi) is 6.07. The summed E-state index contributed by atoms with van der Waals surface area (Å²) >= 11 is 0. The molecule has 41 heavy (non-hydrogen) atoms. The van der Waals surface area contributed by atoms with Crippen molar-refractivity contribution >= 4 is 38.3 Å². The second-order valence-electron chi connectivity index (χ2n) is 12.4. The van der Waals surface area contributed by atoms with E-state index in [0.717, 1.165) is 40.5 Å². The van der Waals surface area contributed by atoms with Crippen LogP contribution in [0.15, 0.2) is 60.9 Å². The van der Waals surface area contributed by atoms with E-state index in [4.69, 9.17) is 4.98 Å². The fourth-order valence-corrected chi connectivity index (χ4v) is 6.35. The molecule has 2 N–H and O–H groups in total. The monoisotopic (exact) mass is 539 g/mol. The molecule has 206 valence electrons. The van der Waals surface area contributed by atoms with Gasteiger partial charge < -0.3 is 10.3 Å². The molecule has 4 aromatic carbocycles. The molecule has 7 rings (SSSR count). The number of hydrogen-bond acceptors (Lipinski definition) is 4. The molecule has 0 saturated carbocycles. The SMILES string of the molecule is Cc1c(NC(C)C(C)C)c2ccc(-c3ccc4c(c3)CCc3c-4ccc4[nH]c(C(C)C)nc34)cc2c2cnncc12. The minimum absolute atomic E-state index is 0.354. The minimum Gasteiger partial charge on any atom is -0.382 e. The third-order valence-electron chi connectivity index (χ3n) is 9.16. The van der Waals surface area contributed by atoms with E-state index in [1.807, 2.05) is 12.4 Å². The number of nitrogens with one attached hydrogen (secondary N) is 2. The summed E-state index contributed by atoms with van der Waals surface area (Å²) in [5.41, 5.74) is 12.6. The molecule has 1 atom stereocenters. The van der Waals surface area contributed by atoms with Gasteiger partial charge in [-0.15, -0.1) is 0 Å². The van der Waals surface area contributed by atoms with E-state index in [1.54, 1.807) is 0 Å². The Balaban J connectivity index is 1.34. The summed E-state index contributed by atoms with van der Waals surface area (Å²) in [6.45, 7) is 13.3. The van der Waals surface area contributed by atoms with E-state index in [-0.39, 0.29) is 0 Å². The summed E-state index contributed by atoms with van der Waals surface area (Å²) in [7, 11) is 0. The summed E-state index contributed by atoms with van der Waals surface area (Å²) in [6, 6.07) is 18.7. The van der Waals surface area contributed by atoms with Crippen LogP contribution in [0.5, 0.6) is 0 Å². The number of nitrogens with zero attached hydrogens (tertiary/aromatic N) is 3. The van der Waals surface area contributed by atoms with Crippen molar-refractivity contribution in [2.45, 2.75) is 66.3 Å². The number of fused-ring (bicyclic) bond motifs is 8. The molecule has 0 aliphatic heterocycles. The molecule has 2 heterocycles. The number of aryl methyl sites for hydroxylation is 3. The Bertz CT molecular complexity index is 1960. The number of hydrogen-bond donors (Lipinski definition) is 2. The molecule has 2 aromatic heterocycles. The van der Waals surface area contributed by atoms with Gasteiger partial charge in [0, 0.05) is 33.8 Å². The number of aromatic nitrogens is 4. The molecular weight excluding hydrogens is 502 g/mol. The van der Waals surface area contributed by atoms with Crippen LogP contribution in [0.3, 0.4) is 0 Å². The molecule has 5 heteroatoms. The first kappa shape index (κ1) is 25.7. The first-order valence-corrected chi connectivity index (χ1v) is 14.9. The zero-order valence-electron chi connectivity index (χ0n) is 24.8. The number of anilines is 1. The highest BCUT2D eigenvalue weighted by atomic mass is 15.1. The van der Waals surface area contributed by atoms with Gasteiger partial charge in [-0.1, -0.05) is 64.1 Å². The fourth-order valence-electron chi connectivity index (χ4n) is 6.35. The van der Waals surface area contributed by atoms with Crippen LogP contribution >= 0.6 is 0 Å². The van der Waals surface area contributed by atoms with E-state index in [9.17, 15) is 0 Å². The van der Waals surface area contributed by atoms with Gasteiger partial charge in [0.2, 0.25) is 0 Å². The Labute approximate surface area is 241 Å². The predicted octanol–water partition coefficient (Wildman–Crippen LogP) is 8.98. The number of imidazole rings is 1. The maximum absolute atomic E-state index is 4.99. The zero-order chi connectivity index (χ0) is 28.4. The van der Waals surface area contributed by atoms with Crippen molar-refractivity contribution in [3.8, 4) is 22.3 Å². The third-order valence-corrected chi connectivity index (χ3v) is 9.16. The van der Waals surface area contributed by atoms with Crippen LogP contribution in [0.1, 0.15) is 63.1 Å². The van der Waals surface area contributed by atoms with Gasteiger partial charge >= 0.3 is 0 Å². The highest BCUT2D eigenvalue weighted by Gasteiger charge is 2.22. The van der Waals surface area contributed by atoms with Crippen molar-refractivity contribution in [2.75, 3.05) is 5.32 Å². The zero-order valence-corrected chi connectivity index (χ0v) is 24.8. The van der Waals surface area contributed by atoms with E-state index < -0.39 is 0 Å². The molecule has 0 saturated heterocycles. The van der Waals surface area contributed by atoms with E-state index in [1.165, 1.54) is 55.4 Å². The van der Waals surface area contributed by atoms with Gasteiger partial charge in [0.1, 0.15) is 5.82 Å². The topological polar surface area (TPSA) is 66.5 Å². The number of aromatic amines is 1. The first-order chi connectivity index (χ1) is 19.8. The van der Waals surface area contributed by atoms with Crippen LogP contribution in [0, 0.1) is 12.8 Å². The predicted molar refractivity (Wildman–Crippen MR) is 172 cm³/mol. The van der Waals surface area contributed by atoms with Gasteiger partial charge in [0.05, 0.1) is 23.4 Å². The molecule has 1 aliphatic carbocycles. The Morgan fingerprint density at radius 3 is 2.27 bits per heavy atom. The van der Waals surface area contributed by atoms with Crippen LogP contribution in [-0.4, -0.2) is 26.2 Å². The summed E-state index contributed by atoms with van der Waals surface area (Å²) in [5, 5.41) is 17.0. The average Bonchev–Trinajstić information content (AvgIpc) is 3.44. The summed E-state index contributed by atoms with van der Waals surface area (Å²) in [5.74, 6) is 1.98. The maximum Gasteiger partial charge on any atom is 0.109 e. The van der Waals surface area contributed by atoms with Crippen molar-refractivity contribution in [1.29, 1.82) is 0 Å². The fraction of sp³-hybridized carbons (Fsp3) is 0.306. The van der Waals surface area contributed by atoms with Crippen LogP contribution in [0.4, 0.5) is 5.69 Å². The van der Waals surface area contributed by atoms with Crippen molar-refractivity contribution in [1.82, 2.24) is 20.2 Å². The molecule has 1 unspecified atom stereocenters. The quantitative estimate of drug-likeness (QED) is 0.215. The lowest BCUT2D eigenvalue weighted by Crippen LogP contribution is -2.22. The summed E-state index contributed by atoms with van der Waals surface area (Å²) < 4.78 is 0. The highest BCUT2D eigenvalue weighted by Crippen LogP contribution is 2.41. The molecular formula is C36H37N5. The lowest BCUT2D eigenvalue weighted by atomic mass is 9.83. The third kappa shape index (κ3) is 4.18. The molecule has 5 nitrogen and oxygen atoms in total.